The number of rotatable bonds is 7. The van der Waals surface area contributed by atoms with E-state index in [-0.39, 0.29) is 15.7 Å². The quantitative estimate of drug-likeness (QED) is 0.706. The maximum atomic E-state index is 13.0. The highest BCUT2D eigenvalue weighted by Gasteiger charge is 2.30. The smallest absolute Gasteiger partial charge is 0.263 e. The summed E-state index contributed by atoms with van der Waals surface area (Å²) in [6.45, 7) is 4.75. The second-order valence-electron chi connectivity index (χ2n) is 8.06. The third kappa shape index (κ3) is 4.94. The second kappa shape index (κ2) is 9.60. The summed E-state index contributed by atoms with van der Waals surface area (Å²) in [4.78, 5) is 15.6. The molecule has 6 nitrogen and oxygen atoms in total. The number of piperidine rings is 1. The maximum absolute atomic E-state index is 13.0. The number of nitrogens with one attached hydrogen (secondary N) is 1. The van der Waals surface area contributed by atoms with Gasteiger partial charge in [-0.25, -0.2) is 8.42 Å². The number of carbonyl (C=O) groups is 1. The van der Waals surface area contributed by atoms with Crippen LogP contribution >= 0.6 is 11.3 Å². The molecule has 0 spiro atoms. The van der Waals surface area contributed by atoms with E-state index in [1.165, 1.54) is 47.1 Å². The van der Waals surface area contributed by atoms with Crippen molar-refractivity contribution in [1.29, 1.82) is 0 Å². The minimum absolute atomic E-state index is 0.132. The van der Waals surface area contributed by atoms with Crippen molar-refractivity contribution >= 4 is 27.3 Å². The molecule has 0 atom stereocenters. The molecule has 2 fully saturated rings. The number of sulfonamides is 1. The van der Waals surface area contributed by atoms with Gasteiger partial charge in [0.05, 0.1) is 0 Å². The fraction of sp³-hybridized carbons (Fsp3) is 0.500. The Bertz CT molecular complexity index is 958. The van der Waals surface area contributed by atoms with Crippen LogP contribution in [0.2, 0.25) is 0 Å². The molecule has 1 aromatic carbocycles. The molecule has 1 aromatic heterocycles. The molecular weight excluding hydrogens is 418 g/mol. The molecule has 0 saturated carbocycles. The molecule has 8 heteroatoms. The molecule has 2 saturated heterocycles. The van der Waals surface area contributed by atoms with E-state index >= 15 is 0 Å². The van der Waals surface area contributed by atoms with Crippen molar-refractivity contribution in [2.45, 2.75) is 50.1 Å². The van der Waals surface area contributed by atoms with Gasteiger partial charge in [-0.05, 0) is 61.3 Å². The van der Waals surface area contributed by atoms with E-state index < -0.39 is 10.0 Å². The van der Waals surface area contributed by atoms with E-state index in [4.69, 9.17) is 0 Å². The van der Waals surface area contributed by atoms with Gasteiger partial charge in [0.15, 0.2) is 0 Å². The zero-order valence-corrected chi connectivity index (χ0v) is 18.8. The Morgan fingerprint density at radius 1 is 0.900 bits per heavy atom. The second-order valence-corrected chi connectivity index (χ2v) is 10.9. The maximum Gasteiger partial charge on any atom is 0.263 e. The minimum Gasteiger partial charge on any atom is -0.347 e. The van der Waals surface area contributed by atoms with E-state index in [1.54, 1.807) is 11.4 Å². The number of hydrogen-bond donors (Lipinski definition) is 1. The van der Waals surface area contributed by atoms with Crippen LogP contribution in [0.25, 0.3) is 0 Å². The van der Waals surface area contributed by atoms with Crippen LogP contribution in [0, 0.1) is 0 Å². The highest BCUT2D eigenvalue weighted by atomic mass is 32.2. The Labute approximate surface area is 182 Å². The molecule has 1 amide bonds. The Morgan fingerprint density at radius 3 is 2.23 bits per heavy atom. The molecule has 2 aliphatic heterocycles. The summed E-state index contributed by atoms with van der Waals surface area (Å²) in [6.07, 6.45) is 5.36. The van der Waals surface area contributed by atoms with Crippen molar-refractivity contribution in [2.24, 2.45) is 0 Å². The summed E-state index contributed by atoms with van der Waals surface area (Å²) in [5, 5.41) is 4.57. The van der Waals surface area contributed by atoms with Crippen molar-refractivity contribution in [3.63, 3.8) is 0 Å². The third-order valence-corrected chi connectivity index (χ3v) is 8.83. The summed E-state index contributed by atoms with van der Waals surface area (Å²) in [6, 6.07) is 9.84. The van der Waals surface area contributed by atoms with Gasteiger partial charge in [0.2, 0.25) is 10.0 Å². The number of benzene rings is 1. The van der Waals surface area contributed by atoms with Crippen LogP contribution in [0.1, 0.15) is 52.9 Å². The average molecular weight is 448 g/mol. The number of thiophene rings is 1. The van der Waals surface area contributed by atoms with Crippen molar-refractivity contribution in [3.8, 4) is 0 Å². The molecule has 4 rings (SSSR count). The number of nitrogens with zero attached hydrogens (tertiary/aromatic N) is 2. The lowest BCUT2D eigenvalue weighted by Gasteiger charge is -2.25. The normalized spacial score (nSPS) is 18.5. The Kier molecular flexibility index (Phi) is 6.87. The van der Waals surface area contributed by atoms with Crippen LogP contribution in [-0.4, -0.2) is 49.7 Å². The lowest BCUT2D eigenvalue weighted by Crippen LogP contribution is -2.36. The zero-order chi connectivity index (χ0) is 21.0. The first-order chi connectivity index (χ1) is 14.5. The van der Waals surface area contributed by atoms with E-state index in [9.17, 15) is 13.2 Å². The first kappa shape index (κ1) is 21.5. The van der Waals surface area contributed by atoms with Crippen molar-refractivity contribution in [3.05, 3.63) is 51.7 Å². The van der Waals surface area contributed by atoms with Gasteiger partial charge in [0.1, 0.15) is 9.77 Å². The highest BCUT2D eigenvalue weighted by Crippen LogP contribution is 2.27. The molecule has 1 N–H and O–H groups in total. The molecule has 0 unspecified atom stereocenters. The standard InChI is InChI=1S/C22H29N3O3S2/c26-22(21-20(10-15-29-21)30(27,28)25-13-2-1-3-14-25)23-16-18-6-8-19(9-7-18)17-24-11-4-5-12-24/h6-10,15H,1-5,11-14,16-17H2,(H,23,26). The largest absolute Gasteiger partial charge is 0.347 e. The Hall–Kier alpha value is -1.74. The van der Waals surface area contributed by atoms with Gasteiger partial charge in [-0.1, -0.05) is 30.7 Å². The van der Waals surface area contributed by atoms with Crippen LogP contribution in [0.5, 0.6) is 0 Å². The fourth-order valence-corrected chi connectivity index (χ4v) is 6.97. The highest BCUT2D eigenvalue weighted by molar-refractivity contribution is 7.89. The lowest BCUT2D eigenvalue weighted by atomic mass is 10.1. The molecule has 30 heavy (non-hydrogen) atoms. The predicted molar refractivity (Wildman–Crippen MR) is 119 cm³/mol. The van der Waals surface area contributed by atoms with E-state index in [1.807, 2.05) is 12.1 Å². The first-order valence-electron chi connectivity index (χ1n) is 10.7. The summed E-state index contributed by atoms with van der Waals surface area (Å²) in [5.41, 5.74) is 2.28. The monoisotopic (exact) mass is 447 g/mol. The molecule has 0 bridgehead atoms. The number of likely N-dealkylation sites (tertiary alicyclic amines) is 1. The van der Waals surface area contributed by atoms with Gasteiger partial charge < -0.3 is 5.32 Å². The molecule has 3 heterocycles. The number of amides is 1. The van der Waals surface area contributed by atoms with E-state index in [2.05, 4.69) is 22.3 Å². The fourth-order valence-electron chi connectivity index (χ4n) is 4.13. The van der Waals surface area contributed by atoms with Gasteiger partial charge in [-0.3, -0.25) is 9.69 Å². The molecule has 2 aliphatic rings. The van der Waals surface area contributed by atoms with Crippen LogP contribution < -0.4 is 5.32 Å². The number of hydrogen-bond acceptors (Lipinski definition) is 5. The van der Waals surface area contributed by atoms with Crippen LogP contribution in [0.4, 0.5) is 0 Å². The summed E-state index contributed by atoms with van der Waals surface area (Å²) in [7, 11) is -3.62. The van der Waals surface area contributed by atoms with Crippen molar-refractivity contribution in [2.75, 3.05) is 26.2 Å². The molecular formula is C22H29N3O3S2. The zero-order valence-electron chi connectivity index (χ0n) is 17.2. The van der Waals surface area contributed by atoms with Crippen molar-refractivity contribution in [1.82, 2.24) is 14.5 Å². The molecule has 0 radical (unpaired) electrons. The first-order valence-corrected chi connectivity index (χ1v) is 13.0. The van der Waals surface area contributed by atoms with Gasteiger partial charge >= 0.3 is 0 Å². The van der Waals surface area contributed by atoms with Crippen LogP contribution in [0.3, 0.4) is 0 Å². The summed E-state index contributed by atoms with van der Waals surface area (Å²) >= 11 is 1.18. The van der Waals surface area contributed by atoms with Crippen LogP contribution in [-0.2, 0) is 23.1 Å². The van der Waals surface area contributed by atoms with Crippen LogP contribution in [0.15, 0.2) is 40.6 Å². The van der Waals surface area contributed by atoms with Gasteiger partial charge in [0.25, 0.3) is 5.91 Å². The van der Waals surface area contributed by atoms with Crippen molar-refractivity contribution < 1.29 is 13.2 Å². The summed E-state index contributed by atoms with van der Waals surface area (Å²) in [5.74, 6) is -0.332. The average Bonchev–Trinajstić information content (AvgIpc) is 3.46. The Balaban J connectivity index is 1.37. The minimum atomic E-state index is -3.62. The van der Waals surface area contributed by atoms with E-state index in [0.29, 0.717) is 19.6 Å². The SMILES string of the molecule is O=C(NCc1ccc(CN2CCCC2)cc1)c1sccc1S(=O)(=O)N1CCCCC1. The van der Waals surface area contributed by atoms with Gasteiger partial charge in [-0.2, -0.15) is 4.31 Å². The molecule has 162 valence electrons. The lowest BCUT2D eigenvalue weighted by molar-refractivity contribution is 0.0952. The van der Waals surface area contributed by atoms with Gasteiger partial charge in [0, 0.05) is 26.2 Å². The topological polar surface area (TPSA) is 69.7 Å². The molecule has 0 aliphatic carbocycles. The summed E-state index contributed by atoms with van der Waals surface area (Å²) < 4.78 is 27.5. The Morgan fingerprint density at radius 2 is 1.53 bits per heavy atom. The van der Waals surface area contributed by atoms with E-state index in [0.717, 1.165) is 31.4 Å². The van der Waals surface area contributed by atoms with Gasteiger partial charge in [-0.15, -0.1) is 11.3 Å². The third-order valence-electron chi connectivity index (χ3n) is 5.85. The molecule has 2 aromatic rings. The predicted octanol–water partition coefficient (Wildman–Crippen LogP) is 3.45. The number of carbonyl (C=O) groups excluding carboxylic acids is 1.